The van der Waals surface area contributed by atoms with E-state index in [0.29, 0.717) is 6.04 Å². The average Bonchev–Trinajstić information content (AvgIpc) is 2.30. The molecule has 1 heterocycles. The van der Waals surface area contributed by atoms with Crippen LogP contribution in [0.25, 0.3) is 0 Å². The molecule has 1 fully saturated rings. The first-order valence-electron chi connectivity index (χ1n) is 6.27. The molecule has 0 radical (unpaired) electrons. The lowest BCUT2D eigenvalue weighted by Gasteiger charge is -2.24. The van der Waals surface area contributed by atoms with E-state index in [-0.39, 0.29) is 0 Å². The number of hydrogen-bond acceptors (Lipinski definition) is 2. The van der Waals surface area contributed by atoms with E-state index in [9.17, 15) is 0 Å². The molecule has 2 rings (SSSR count). The number of nitrogens with one attached hydrogen (secondary N) is 1. The number of halogens is 1. The topological polar surface area (TPSA) is 21.3 Å². The Bertz CT molecular complexity index is 386. The van der Waals surface area contributed by atoms with E-state index in [1.54, 1.807) is 7.11 Å². The summed E-state index contributed by atoms with van der Waals surface area (Å²) in [5, 5.41) is 3.59. The Labute approximate surface area is 112 Å². The smallest absolute Gasteiger partial charge is 0.136 e. The maximum absolute atomic E-state index is 5.50. The normalized spacial score (nSPS) is 20.3. The lowest BCUT2D eigenvalue weighted by molar-refractivity contribution is 0.380. The molecule has 0 amide bonds. The van der Waals surface area contributed by atoms with Crippen molar-refractivity contribution in [1.29, 1.82) is 0 Å². The summed E-state index contributed by atoms with van der Waals surface area (Å²) in [6, 6.07) is 4.95. The van der Waals surface area contributed by atoms with Crippen molar-refractivity contribution < 1.29 is 4.74 Å². The van der Waals surface area contributed by atoms with E-state index >= 15 is 0 Å². The second-order valence-electron chi connectivity index (χ2n) is 4.79. The summed E-state index contributed by atoms with van der Waals surface area (Å²) in [5.41, 5.74) is 2.59. The van der Waals surface area contributed by atoms with E-state index in [1.807, 2.05) is 0 Å². The monoisotopic (exact) mass is 297 g/mol. The summed E-state index contributed by atoms with van der Waals surface area (Å²) in [6.45, 7) is 3.28. The van der Waals surface area contributed by atoms with Gasteiger partial charge in [-0.05, 0) is 65.9 Å². The molecule has 0 aromatic heterocycles. The van der Waals surface area contributed by atoms with Gasteiger partial charge in [0.2, 0.25) is 0 Å². The van der Waals surface area contributed by atoms with Gasteiger partial charge in [0.25, 0.3) is 0 Å². The molecular formula is C14H20BrNO. The molecule has 1 saturated heterocycles. The van der Waals surface area contributed by atoms with Crippen LogP contribution in [-0.2, 0) is 6.42 Å². The molecule has 1 unspecified atom stereocenters. The van der Waals surface area contributed by atoms with Crippen molar-refractivity contribution in [1.82, 2.24) is 5.32 Å². The van der Waals surface area contributed by atoms with Crippen LogP contribution in [0.4, 0.5) is 0 Å². The van der Waals surface area contributed by atoms with Crippen molar-refractivity contribution in [3.8, 4) is 5.75 Å². The minimum Gasteiger partial charge on any atom is -0.495 e. The maximum atomic E-state index is 5.50. The summed E-state index contributed by atoms with van der Waals surface area (Å²) in [7, 11) is 1.74. The van der Waals surface area contributed by atoms with Gasteiger partial charge < -0.3 is 10.1 Å². The number of methoxy groups -OCH3 is 1. The van der Waals surface area contributed by atoms with Crippen LogP contribution in [0.1, 0.15) is 30.4 Å². The van der Waals surface area contributed by atoms with E-state index in [4.69, 9.17) is 4.74 Å². The first-order valence-corrected chi connectivity index (χ1v) is 7.06. The molecule has 1 aromatic rings. The first kappa shape index (κ1) is 12.9. The Balaban J connectivity index is 2.18. The highest BCUT2D eigenvalue weighted by Crippen LogP contribution is 2.31. The van der Waals surface area contributed by atoms with Crippen LogP contribution < -0.4 is 10.1 Å². The Morgan fingerprint density at radius 1 is 1.41 bits per heavy atom. The molecular weight excluding hydrogens is 278 g/mol. The van der Waals surface area contributed by atoms with Crippen molar-refractivity contribution >= 4 is 15.9 Å². The predicted molar refractivity (Wildman–Crippen MR) is 74.8 cm³/mol. The third kappa shape index (κ3) is 3.23. The number of rotatable bonds is 3. The summed E-state index contributed by atoms with van der Waals surface area (Å²) in [6.07, 6.45) is 4.98. The molecule has 1 N–H and O–H groups in total. The zero-order valence-electron chi connectivity index (χ0n) is 10.6. The van der Waals surface area contributed by atoms with Crippen LogP contribution in [0.5, 0.6) is 5.75 Å². The van der Waals surface area contributed by atoms with Gasteiger partial charge in [-0.25, -0.2) is 0 Å². The fourth-order valence-electron chi connectivity index (χ4n) is 2.54. The van der Waals surface area contributed by atoms with E-state index in [1.165, 1.54) is 30.4 Å². The van der Waals surface area contributed by atoms with Gasteiger partial charge in [0.1, 0.15) is 5.75 Å². The van der Waals surface area contributed by atoms with Gasteiger partial charge in [-0.1, -0.05) is 12.5 Å². The summed E-state index contributed by atoms with van der Waals surface area (Å²) in [4.78, 5) is 0. The van der Waals surface area contributed by atoms with Crippen molar-refractivity contribution in [3.05, 3.63) is 27.7 Å². The number of benzene rings is 1. The molecule has 94 valence electrons. The second kappa shape index (κ2) is 5.87. The maximum Gasteiger partial charge on any atom is 0.136 e. The summed E-state index contributed by atoms with van der Waals surface area (Å²) < 4.78 is 6.56. The summed E-state index contributed by atoms with van der Waals surface area (Å²) >= 11 is 3.58. The van der Waals surface area contributed by atoms with E-state index in [0.717, 1.165) is 23.2 Å². The molecule has 1 aliphatic rings. The van der Waals surface area contributed by atoms with Gasteiger partial charge in [-0.2, -0.15) is 0 Å². The van der Waals surface area contributed by atoms with E-state index in [2.05, 4.69) is 40.3 Å². The average molecular weight is 298 g/mol. The Hall–Kier alpha value is -0.540. The van der Waals surface area contributed by atoms with Crippen LogP contribution in [0.15, 0.2) is 16.6 Å². The van der Waals surface area contributed by atoms with Crippen molar-refractivity contribution in [2.24, 2.45) is 0 Å². The molecule has 1 atom stereocenters. The van der Waals surface area contributed by atoms with Crippen LogP contribution >= 0.6 is 15.9 Å². The first-order chi connectivity index (χ1) is 8.20. The molecule has 2 nitrogen and oxygen atoms in total. The highest BCUT2D eigenvalue weighted by atomic mass is 79.9. The fourth-order valence-corrected chi connectivity index (χ4v) is 3.32. The van der Waals surface area contributed by atoms with Gasteiger partial charge in [0.15, 0.2) is 0 Å². The minimum absolute atomic E-state index is 0.603. The molecule has 0 bridgehead atoms. The lowest BCUT2D eigenvalue weighted by atomic mass is 9.96. The zero-order valence-corrected chi connectivity index (χ0v) is 12.1. The molecule has 17 heavy (non-hydrogen) atoms. The van der Waals surface area contributed by atoms with Gasteiger partial charge in [-0.3, -0.25) is 0 Å². The molecule has 3 heteroatoms. The van der Waals surface area contributed by atoms with Crippen molar-refractivity contribution in [2.75, 3.05) is 13.7 Å². The van der Waals surface area contributed by atoms with Crippen LogP contribution in [0, 0.1) is 6.92 Å². The van der Waals surface area contributed by atoms with Gasteiger partial charge in [0, 0.05) is 6.04 Å². The van der Waals surface area contributed by atoms with Crippen molar-refractivity contribution in [2.45, 2.75) is 38.6 Å². The molecule has 1 aliphatic heterocycles. The third-order valence-electron chi connectivity index (χ3n) is 3.35. The Kier molecular flexibility index (Phi) is 4.46. The number of hydrogen-bond donors (Lipinski definition) is 1. The largest absolute Gasteiger partial charge is 0.495 e. The van der Waals surface area contributed by atoms with Crippen molar-refractivity contribution in [3.63, 3.8) is 0 Å². The Morgan fingerprint density at radius 3 is 2.88 bits per heavy atom. The highest BCUT2D eigenvalue weighted by molar-refractivity contribution is 9.10. The van der Waals surface area contributed by atoms with Gasteiger partial charge in [0.05, 0.1) is 11.6 Å². The third-order valence-corrected chi connectivity index (χ3v) is 3.94. The molecule has 0 saturated carbocycles. The second-order valence-corrected chi connectivity index (χ2v) is 5.64. The number of piperidine rings is 1. The van der Waals surface area contributed by atoms with Gasteiger partial charge >= 0.3 is 0 Å². The molecule has 1 aromatic carbocycles. The van der Waals surface area contributed by atoms with Crippen LogP contribution in [-0.4, -0.2) is 19.7 Å². The van der Waals surface area contributed by atoms with Crippen LogP contribution in [0.2, 0.25) is 0 Å². The standard InChI is InChI=1S/C14H20BrNO/c1-10-7-11(14(17-2)13(15)8-10)9-12-5-3-4-6-16-12/h7-8,12,16H,3-6,9H2,1-2H3. The number of aryl methyl sites for hydroxylation is 1. The fraction of sp³-hybridized carbons (Fsp3) is 0.571. The lowest BCUT2D eigenvalue weighted by Crippen LogP contribution is -2.35. The van der Waals surface area contributed by atoms with Gasteiger partial charge in [-0.15, -0.1) is 0 Å². The van der Waals surface area contributed by atoms with Crippen LogP contribution in [0.3, 0.4) is 0 Å². The van der Waals surface area contributed by atoms with E-state index < -0.39 is 0 Å². The SMILES string of the molecule is COc1c(Br)cc(C)cc1CC1CCCCN1. The molecule has 0 spiro atoms. The summed E-state index contributed by atoms with van der Waals surface area (Å²) in [5.74, 6) is 0.989. The minimum atomic E-state index is 0.603. The predicted octanol–water partition coefficient (Wildman–Crippen LogP) is 3.45. The highest BCUT2D eigenvalue weighted by Gasteiger charge is 2.16. The zero-order chi connectivity index (χ0) is 12.3. The quantitative estimate of drug-likeness (QED) is 0.923. The molecule has 0 aliphatic carbocycles. The number of ether oxygens (including phenoxy) is 1. The Morgan fingerprint density at radius 2 is 2.24 bits per heavy atom.